The van der Waals surface area contributed by atoms with Crippen LogP contribution in [0.15, 0.2) is 54.6 Å². The van der Waals surface area contributed by atoms with Crippen LogP contribution in [-0.2, 0) is 16.9 Å². The van der Waals surface area contributed by atoms with Crippen molar-refractivity contribution in [3.8, 4) is 0 Å². The molecule has 2 fully saturated rings. The summed E-state index contributed by atoms with van der Waals surface area (Å²) in [4.78, 5) is 17.8. The zero-order valence-corrected chi connectivity index (χ0v) is 17.4. The predicted molar refractivity (Wildman–Crippen MR) is 115 cm³/mol. The predicted octanol–water partition coefficient (Wildman–Crippen LogP) is 3.72. The Morgan fingerprint density at radius 2 is 1.59 bits per heavy atom. The number of carbonyl (C=O) groups excluding carboxylic acids is 1. The molecule has 1 aliphatic heterocycles. The highest BCUT2D eigenvalue weighted by Gasteiger charge is 2.48. The molecule has 154 valence electrons. The van der Waals surface area contributed by atoms with Crippen LogP contribution < -0.4 is 0 Å². The minimum Gasteiger partial charge on any atom is -0.375 e. The van der Waals surface area contributed by atoms with Crippen LogP contribution in [0.2, 0.25) is 0 Å². The van der Waals surface area contributed by atoms with Gasteiger partial charge < -0.3 is 10.0 Å². The average molecular weight is 393 g/mol. The van der Waals surface area contributed by atoms with Crippen molar-refractivity contribution in [1.82, 2.24) is 9.80 Å². The van der Waals surface area contributed by atoms with Gasteiger partial charge in [-0.3, -0.25) is 9.69 Å². The van der Waals surface area contributed by atoms with E-state index in [1.807, 2.05) is 35.2 Å². The lowest BCUT2D eigenvalue weighted by Crippen LogP contribution is -2.56. The quantitative estimate of drug-likeness (QED) is 0.843. The van der Waals surface area contributed by atoms with E-state index < -0.39 is 5.60 Å². The minimum absolute atomic E-state index is 0.0167. The second-order valence-corrected chi connectivity index (χ2v) is 8.67. The molecular weight excluding hydrogens is 360 g/mol. The fraction of sp³-hybridized carbons (Fsp3) is 0.480. The maximum absolute atomic E-state index is 13.6. The number of carbonyl (C=O) groups is 1. The Kier molecular flexibility index (Phi) is 6.02. The molecule has 0 radical (unpaired) electrons. The summed E-state index contributed by atoms with van der Waals surface area (Å²) in [5.41, 5.74) is 1.94. The van der Waals surface area contributed by atoms with Crippen molar-refractivity contribution < 1.29 is 9.90 Å². The van der Waals surface area contributed by atoms with Gasteiger partial charge in [0, 0.05) is 38.6 Å². The molecule has 0 spiro atoms. The maximum atomic E-state index is 13.6. The van der Waals surface area contributed by atoms with Gasteiger partial charge in [-0.2, -0.15) is 0 Å². The highest BCUT2D eigenvalue weighted by Crippen LogP contribution is 2.42. The van der Waals surface area contributed by atoms with E-state index in [9.17, 15) is 9.90 Å². The first kappa shape index (κ1) is 20.1. The second-order valence-electron chi connectivity index (χ2n) is 8.67. The third-order valence-electron chi connectivity index (χ3n) is 6.67. The first-order chi connectivity index (χ1) is 14.1. The van der Waals surface area contributed by atoms with Gasteiger partial charge in [0.25, 0.3) is 5.91 Å². The normalized spacial score (nSPS) is 20.6. The van der Waals surface area contributed by atoms with Gasteiger partial charge in [-0.15, -0.1) is 0 Å². The molecule has 0 bridgehead atoms. The summed E-state index contributed by atoms with van der Waals surface area (Å²) in [6, 6.07) is 18.3. The molecule has 2 aromatic carbocycles. The summed E-state index contributed by atoms with van der Waals surface area (Å²) in [5.74, 6) is -0.0893. The van der Waals surface area contributed by atoms with Crippen molar-refractivity contribution in [3.63, 3.8) is 0 Å². The van der Waals surface area contributed by atoms with Crippen molar-refractivity contribution in [2.45, 2.75) is 44.8 Å². The molecular formula is C25H32N2O2. The number of aryl methyl sites for hydroxylation is 1. The van der Waals surface area contributed by atoms with E-state index >= 15 is 0 Å². The van der Waals surface area contributed by atoms with Crippen LogP contribution in [0.4, 0.5) is 0 Å². The fourth-order valence-electron chi connectivity index (χ4n) is 4.87. The summed E-state index contributed by atoms with van der Waals surface area (Å²) in [5, 5.41) is 11.7. The molecule has 1 saturated carbocycles. The first-order valence-electron chi connectivity index (χ1n) is 10.9. The molecule has 4 rings (SSSR count). The van der Waals surface area contributed by atoms with Crippen LogP contribution in [0.25, 0.3) is 0 Å². The van der Waals surface area contributed by atoms with Gasteiger partial charge in [0.15, 0.2) is 5.60 Å². The van der Waals surface area contributed by atoms with Crippen molar-refractivity contribution in [2.75, 3.05) is 26.2 Å². The molecule has 1 N–H and O–H groups in total. The zero-order chi connectivity index (χ0) is 20.3. The van der Waals surface area contributed by atoms with E-state index in [1.54, 1.807) is 0 Å². The standard InChI is InChI=1S/C25H32N2O2/c1-20-11-13-21(14-12-20)19-26-15-17-27(18-16-26)24(28)25(29,23-9-5-6-10-23)22-7-3-2-4-8-22/h2-4,7-8,11-14,23,29H,5-6,9-10,15-19H2,1H3/t25-/m0/s1. The Bertz CT molecular complexity index is 806. The molecule has 4 nitrogen and oxygen atoms in total. The summed E-state index contributed by atoms with van der Waals surface area (Å²) in [7, 11) is 0. The lowest BCUT2D eigenvalue weighted by atomic mass is 9.79. The molecule has 4 heteroatoms. The number of hydrogen-bond acceptors (Lipinski definition) is 3. The molecule has 2 aliphatic rings. The van der Waals surface area contributed by atoms with Crippen molar-refractivity contribution >= 4 is 5.91 Å². The number of rotatable bonds is 5. The number of piperazine rings is 1. The Balaban J connectivity index is 1.44. The average Bonchev–Trinajstić information content (AvgIpc) is 3.31. The number of benzene rings is 2. The topological polar surface area (TPSA) is 43.8 Å². The molecule has 1 amide bonds. The molecule has 29 heavy (non-hydrogen) atoms. The Morgan fingerprint density at radius 1 is 0.966 bits per heavy atom. The van der Waals surface area contributed by atoms with Gasteiger partial charge >= 0.3 is 0 Å². The van der Waals surface area contributed by atoms with Gasteiger partial charge in [-0.25, -0.2) is 0 Å². The molecule has 1 atom stereocenters. The Morgan fingerprint density at radius 3 is 2.21 bits per heavy atom. The second kappa shape index (κ2) is 8.68. The molecule has 0 aromatic heterocycles. The summed E-state index contributed by atoms with van der Waals surface area (Å²) in [6.07, 6.45) is 4.03. The highest BCUT2D eigenvalue weighted by molar-refractivity contribution is 5.87. The number of aliphatic hydroxyl groups is 1. The van der Waals surface area contributed by atoms with Crippen molar-refractivity contribution in [1.29, 1.82) is 0 Å². The molecule has 2 aromatic rings. The Hall–Kier alpha value is -2.17. The van der Waals surface area contributed by atoms with E-state index in [0.29, 0.717) is 13.1 Å². The van der Waals surface area contributed by atoms with Crippen LogP contribution in [0.1, 0.15) is 42.4 Å². The van der Waals surface area contributed by atoms with Crippen LogP contribution in [-0.4, -0.2) is 47.0 Å². The lowest BCUT2D eigenvalue weighted by molar-refractivity contribution is -0.161. The molecule has 1 aliphatic carbocycles. The monoisotopic (exact) mass is 392 g/mol. The first-order valence-corrected chi connectivity index (χ1v) is 10.9. The third kappa shape index (κ3) is 4.24. The highest BCUT2D eigenvalue weighted by atomic mass is 16.3. The van der Waals surface area contributed by atoms with Gasteiger partial charge in [0.2, 0.25) is 0 Å². The van der Waals surface area contributed by atoms with Crippen LogP contribution >= 0.6 is 0 Å². The lowest BCUT2D eigenvalue weighted by Gasteiger charge is -2.41. The van der Waals surface area contributed by atoms with Gasteiger partial charge in [0.1, 0.15) is 0 Å². The van der Waals surface area contributed by atoms with Crippen LogP contribution in [0.3, 0.4) is 0 Å². The number of nitrogens with zero attached hydrogens (tertiary/aromatic N) is 2. The van der Waals surface area contributed by atoms with E-state index in [4.69, 9.17) is 0 Å². The molecule has 1 heterocycles. The maximum Gasteiger partial charge on any atom is 0.259 e. The van der Waals surface area contributed by atoms with E-state index in [-0.39, 0.29) is 11.8 Å². The molecule has 1 saturated heterocycles. The third-order valence-corrected chi connectivity index (χ3v) is 6.67. The van der Waals surface area contributed by atoms with Gasteiger partial charge in [-0.1, -0.05) is 73.0 Å². The van der Waals surface area contributed by atoms with Crippen LogP contribution in [0, 0.1) is 12.8 Å². The van der Waals surface area contributed by atoms with E-state index in [0.717, 1.165) is 50.9 Å². The fourth-order valence-corrected chi connectivity index (χ4v) is 4.87. The summed E-state index contributed by atoms with van der Waals surface area (Å²) < 4.78 is 0. The Labute approximate surface area is 174 Å². The molecule has 0 unspecified atom stereocenters. The van der Waals surface area contributed by atoms with Crippen molar-refractivity contribution in [2.24, 2.45) is 5.92 Å². The van der Waals surface area contributed by atoms with E-state index in [1.165, 1.54) is 11.1 Å². The largest absolute Gasteiger partial charge is 0.375 e. The number of hydrogen-bond donors (Lipinski definition) is 1. The zero-order valence-electron chi connectivity index (χ0n) is 17.4. The SMILES string of the molecule is Cc1ccc(CN2CCN(C(=O)[C@](O)(c3ccccc3)C3CCCC3)CC2)cc1. The summed E-state index contributed by atoms with van der Waals surface area (Å²) in [6.45, 7) is 6.05. The van der Waals surface area contributed by atoms with Gasteiger partial charge in [-0.05, 0) is 30.9 Å². The summed E-state index contributed by atoms with van der Waals surface area (Å²) >= 11 is 0. The number of amides is 1. The van der Waals surface area contributed by atoms with E-state index in [2.05, 4.69) is 36.1 Å². The van der Waals surface area contributed by atoms with Crippen molar-refractivity contribution in [3.05, 3.63) is 71.3 Å². The van der Waals surface area contributed by atoms with Crippen LogP contribution in [0.5, 0.6) is 0 Å². The minimum atomic E-state index is -1.39. The van der Waals surface area contributed by atoms with Gasteiger partial charge in [0.05, 0.1) is 0 Å². The smallest absolute Gasteiger partial charge is 0.259 e.